The molecule has 15 heavy (non-hydrogen) atoms. The van der Waals surface area contributed by atoms with Gasteiger partial charge in [-0.25, -0.2) is 0 Å². The number of rotatable bonds is 2. The van der Waals surface area contributed by atoms with Gasteiger partial charge in [0.15, 0.2) is 0 Å². The Hall–Kier alpha value is -1.76. The van der Waals surface area contributed by atoms with Crippen molar-refractivity contribution in [3.63, 3.8) is 0 Å². The molecule has 0 aliphatic carbocycles. The lowest BCUT2D eigenvalue weighted by Crippen LogP contribution is -1.96. The molecule has 0 heterocycles. The van der Waals surface area contributed by atoms with E-state index in [2.05, 4.69) is 37.3 Å². The SMILES string of the molecule is CC(c1ccccc1)c1cccc(N)c1. The van der Waals surface area contributed by atoms with Crippen molar-refractivity contribution in [2.75, 3.05) is 5.73 Å². The van der Waals surface area contributed by atoms with Crippen molar-refractivity contribution in [1.82, 2.24) is 0 Å². The maximum Gasteiger partial charge on any atom is 0.0316 e. The monoisotopic (exact) mass is 197 g/mol. The Morgan fingerprint density at radius 3 is 2.20 bits per heavy atom. The van der Waals surface area contributed by atoms with E-state index in [4.69, 9.17) is 5.73 Å². The van der Waals surface area contributed by atoms with E-state index in [1.807, 2.05) is 24.3 Å². The normalized spacial score (nSPS) is 12.3. The van der Waals surface area contributed by atoms with Gasteiger partial charge < -0.3 is 5.73 Å². The Kier molecular flexibility index (Phi) is 2.72. The first-order valence-corrected chi connectivity index (χ1v) is 5.18. The van der Waals surface area contributed by atoms with Gasteiger partial charge in [0.05, 0.1) is 0 Å². The molecule has 2 aromatic rings. The van der Waals surface area contributed by atoms with E-state index >= 15 is 0 Å². The van der Waals surface area contributed by atoms with Crippen LogP contribution in [-0.2, 0) is 0 Å². The lowest BCUT2D eigenvalue weighted by Gasteiger charge is -2.12. The summed E-state index contributed by atoms with van der Waals surface area (Å²) < 4.78 is 0. The van der Waals surface area contributed by atoms with Gasteiger partial charge >= 0.3 is 0 Å². The van der Waals surface area contributed by atoms with E-state index in [0.29, 0.717) is 5.92 Å². The van der Waals surface area contributed by atoms with Crippen LogP contribution in [-0.4, -0.2) is 0 Å². The molecule has 0 saturated heterocycles. The van der Waals surface area contributed by atoms with Crippen LogP contribution < -0.4 is 5.73 Å². The second-order valence-electron chi connectivity index (χ2n) is 3.80. The lowest BCUT2D eigenvalue weighted by molar-refractivity contribution is 0.923. The molecule has 76 valence electrons. The van der Waals surface area contributed by atoms with E-state index in [1.54, 1.807) is 0 Å². The first-order valence-electron chi connectivity index (χ1n) is 5.18. The van der Waals surface area contributed by atoms with Crippen molar-refractivity contribution in [1.29, 1.82) is 0 Å². The number of hydrogen-bond donors (Lipinski definition) is 1. The first-order chi connectivity index (χ1) is 7.27. The van der Waals surface area contributed by atoms with Crippen molar-refractivity contribution in [2.24, 2.45) is 0 Å². The van der Waals surface area contributed by atoms with Crippen LogP contribution in [0.3, 0.4) is 0 Å². The standard InChI is InChI=1S/C14H15N/c1-11(12-6-3-2-4-7-12)13-8-5-9-14(15)10-13/h2-11H,15H2,1H3. The third-order valence-electron chi connectivity index (χ3n) is 2.71. The smallest absolute Gasteiger partial charge is 0.0316 e. The Bertz CT molecular complexity index is 434. The number of benzene rings is 2. The predicted octanol–water partition coefficient (Wildman–Crippen LogP) is 3.42. The number of hydrogen-bond acceptors (Lipinski definition) is 1. The molecule has 1 atom stereocenters. The highest BCUT2D eigenvalue weighted by atomic mass is 14.5. The third kappa shape index (κ3) is 2.18. The summed E-state index contributed by atoms with van der Waals surface area (Å²) in [6.45, 7) is 2.20. The largest absolute Gasteiger partial charge is 0.399 e. The second-order valence-corrected chi connectivity index (χ2v) is 3.80. The third-order valence-corrected chi connectivity index (χ3v) is 2.71. The summed E-state index contributed by atoms with van der Waals surface area (Å²) in [4.78, 5) is 0. The molecule has 2 N–H and O–H groups in total. The molecular weight excluding hydrogens is 182 g/mol. The number of anilines is 1. The van der Waals surface area contributed by atoms with Crippen molar-refractivity contribution >= 4 is 5.69 Å². The van der Waals surface area contributed by atoms with Crippen LogP contribution in [0.2, 0.25) is 0 Å². The van der Waals surface area contributed by atoms with Crippen molar-refractivity contribution in [3.05, 3.63) is 65.7 Å². The minimum atomic E-state index is 0.398. The highest BCUT2D eigenvalue weighted by Crippen LogP contribution is 2.24. The molecule has 0 fully saturated rings. The number of nitrogen functional groups attached to an aromatic ring is 1. The van der Waals surface area contributed by atoms with Crippen LogP contribution in [0.1, 0.15) is 24.0 Å². The van der Waals surface area contributed by atoms with Crippen LogP contribution in [0.4, 0.5) is 5.69 Å². The zero-order valence-corrected chi connectivity index (χ0v) is 8.85. The Morgan fingerprint density at radius 1 is 0.867 bits per heavy atom. The van der Waals surface area contributed by atoms with E-state index in [-0.39, 0.29) is 0 Å². The molecule has 0 radical (unpaired) electrons. The molecule has 1 nitrogen and oxygen atoms in total. The molecule has 0 spiro atoms. The average molecular weight is 197 g/mol. The van der Waals surface area contributed by atoms with E-state index in [9.17, 15) is 0 Å². The van der Waals surface area contributed by atoms with Gasteiger partial charge in [-0.15, -0.1) is 0 Å². The summed E-state index contributed by atoms with van der Waals surface area (Å²) in [6, 6.07) is 18.5. The topological polar surface area (TPSA) is 26.0 Å². The molecule has 1 heteroatoms. The zero-order chi connectivity index (χ0) is 10.7. The van der Waals surface area contributed by atoms with E-state index in [0.717, 1.165) is 5.69 Å². The minimum absolute atomic E-state index is 0.398. The van der Waals surface area contributed by atoms with Crippen LogP contribution in [0.15, 0.2) is 54.6 Å². The highest BCUT2D eigenvalue weighted by molar-refractivity contribution is 5.44. The van der Waals surface area contributed by atoms with Crippen molar-refractivity contribution in [2.45, 2.75) is 12.8 Å². The van der Waals surface area contributed by atoms with Crippen molar-refractivity contribution in [3.8, 4) is 0 Å². The van der Waals surface area contributed by atoms with E-state index in [1.165, 1.54) is 11.1 Å². The molecule has 2 aromatic carbocycles. The fourth-order valence-electron chi connectivity index (χ4n) is 1.76. The molecule has 0 aromatic heterocycles. The Balaban J connectivity index is 2.32. The lowest BCUT2D eigenvalue weighted by atomic mass is 9.93. The molecule has 0 aliphatic rings. The zero-order valence-electron chi connectivity index (χ0n) is 8.85. The fraction of sp³-hybridized carbons (Fsp3) is 0.143. The van der Waals surface area contributed by atoms with Crippen molar-refractivity contribution < 1.29 is 0 Å². The summed E-state index contributed by atoms with van der Waals surface area (Å²) in [6.07, 6.45) is 0. The second kappa shape index (κ2) is 4.18. The summed E-state index contributed by atoms with van der Waals surface area (Å²) in [7, 11) is 0. The quantitative estimate of drug-likeness (QED) is 0.733. The molecule has 0 aliphatic heterocycles. The van der Waals surface area contributed by atoms with E-state index < -0.39 is 0 Å². The minimum Gasteiger partial charge on any atom is -0.399 e. The molecule has 0 bridgehead atoms. The highest BCUT2D eigenvalue weighted by Gasteiger charge is 2.07. The fourth-order valence-corrected chi connectivity index (χ4v) is 1.76. The predicted molar refractivity (Wildman–Crippen MR) is 64.8 cm³/mol. The number of nitrogens with two attached hydrogens (primary N) is 1. The van der Waals surface area contributed by atoms with Crippen LogP contribution in [0.25, 0.3) is 0 Å². The average Bonchev–Trinajstić information content (AvgIpc) is 2.29. The summed E-state index contributed by atoms with van der Waals surface area (Å²) in [5, 5.41) is 0. The Labute approximate surface area is 90.6 Å². The molecule has 1 unspecified atom stereocenters. The van der Waals surface area contributed by atoms with Gasteiger partial charge in [0.25, 0.3) is 0 Å². The van der Waals surface area contributed by atoms with Gasteiger partial charge in [0.1, 0.15) is 0 Å². The summed E-state index contributed by atoms with van der Waals surface area (Å²) in [5.74, 6) is 0.398. The van der Waals surface area contributed by atoms with Crippen LogP contribution in [0, 0.1) is 0 Å². The molecule has 0 saturated carbocycles. The van der Waals surface area contributed by atoms with Gasteiger partial charge in [-0.1, -0.05) is 49.4 Å². The van der Waals surface area contributed by atoms with Crippen LogP contribution >= 0.6 is 0 Å². The van der Waals surface area contributed by atoms with Gasteiger partial charge in [0, 0.05) is 11.6 Å². The van der Waals surface area contributed by atoms with Gasteiger partial charge in [-0.3, -0.25) is 0 Å². The van der Waals surface area contributed by atoms with Gasteiger partial charge in [-0.2, -0.15) is 0 Å². The maximum atomic E-state index is 5.77. The first kappa shape index (κ1) is 9.78. The van der Waals surface area contributed by atoms with Gasteiger partial charge in [-0.05, 0) is 23.3 Å². The molecular formula is C14H15N. The molecule has 0 amide bonds. The van der Waals surface area contributed by atoms with Crippen LogP contribution in [0.5, 0.6) is 0 Å². The summed E-state index contributed by atoms with van der Waals surface area (Å²) >= 11 is 0. The maximum absolute atomic E-state index is 5.77. The molecule has 2 rings (SSSR count). The summed E-state index contributed by atoms with van der Waals surface area (Å²) in [5.41, 5.74) is 9.19. The Morgan fingerprint density at radius 2 is 1.53 bits per heavy atom. The van der Waals surface area contributed by atoms with Gasteiger partial charge in [0.2, 0.25) is 0 Å².